The van der Waals surface area contributed by atoms with Crippen LogP contribution in [0.3, 0.4) is 0 Å². The monoisotopic (exact) mass is 208 g/mol. The van der Waals surface area contributed by atoms with Crippen molar-refractivity contribution in [1.29, 1.82) is 0 Å². The van der Waals surface area contributed by atoms with Crippen molar-refractivity contribution < 1.29 is 5.11 Å². The molecule has 0 aliphatic rings. The van der Waals surface area contributed by atoms with Gasteiger partial charge >= 0.3 is 0 Å². The van der Waals surface area contributed by atoms with Crippen LogP contribution in [0.15, 0.2) is 24.3 Å². The van der Waals surface area contributed by atoms with Crippen molar-refractivity contribution >= 4 is 21.6 Å². The Bertz CT molecular complexity index is 417. The smallest absolute Gasteiger partial charge is 0.127 e. The fourth-order valence-electron chi connectivity index (χ4n) is 1.19. The quantitative estimate of drug-likeness (QED) is 0.785. The molecule has 1 unspecified atom stereocenters. The average Bonchev–Trinajstić information content (AvgIpc) is 2.61. The van der Waals surface area contributed by atoms with Crippen molar-refractivity contribution in [1.82, 2.24) is 4.98 Å². The number of rotatable bonds is 2. The molecule has 1 aromatic carbocycles. The molecule has 1 aromatic heterocycles. The third kappa shape index (κ3) is 1.52. The second kappa shape index (κ2) is 3.31. The van der Waals surface area contributed by atoms with E-state index >= 15 is 0 Å². The van der Waals surface area contributed by atoms with Gasteiger partial charge in [0.2, 0.25) is 0 Å². The minimum atomic E-state index is -1.01. The molecule has 0 saturated heterocycles. The maximum Gasteiger partial charge on any atom is 0.127 e. The van der Waals surface area contributed by atoms with E-state index in [4.69, 9.17) is 5.73 Å². The Kier molecular flexibility index (Phi) is 2.26. The molecule has 1 atom stereocenters. The van der Waals surface area contributed by atoms with E-state index in [0.29, 0.717) is 5.01 Å². The van der Waals surface area contributed by atoms with E-state index in [1.807, 2.05) is 24.3 Å². The minimum absolute atomic E-state index is 0.187. The van der Waals surface area contributed by atoms with Gasteiger partial charge in [-0.1, -0.05) is 12.1 Å². The van der Waals surface area contributed by atoms with Crippen LogP contribution in [0.1, 0.15) is 11.9 Å². The van der Waals surface area contributed by atoms with E-state index in [2.05, 4.69) is 4.98 Å². The lowest BCUT2D eigenvalue weighted by molar-refractivity contribution is 0.0667. The summed E-state index contributed by atoms with van der Waals surface area (Å²) in [5, 5.41) is 10.6. The summed E-state index contributed by atoms with van der Waals surface area (Å²) in [5.41, 5.74) is 5.38. The topological polar surface area (TPSA) is 59.1 Å². The lowest BCUT2D eigenvalue weighted by atomic mass is 10.1. The van der Waals surface area contributed by atoms with Gasteiger partial charge in [-0.2, -0.15) is 0 Å². The van der Waals surface area contributed by atoms with Crippen molar-refractivity contribution in [2.24, 2.45) is 5.73 Å². The summed E-state index contributed by atoms with van der Waals surface area (Å²) in [5.74, 6) is 0. The number of para-hydroxylation sites is 1. The largest absolute Gasteiger partial charge is 0.382 e. The van der Waals surface area contributed by atoms with Crippen LogP contribution in [0.25, 0.3) is 10.2 Å². The summed E-state index contributed by atoms with van der Waals surface area (Å²) in [6.45, 7) is 1.87. The Morgan fingerprint density at radius 3 is 2.86 bits per heavy atom. The number of fused-ring (bicyclic) bond motifs is 1. The van der Waals surface area contributed by atoms with Crippen LogP contribution in [-0.2, 0) is 5.60 Å². The molecule has 4 heteroatoms. The zero-order valence-electron chi connectivity index (χ0n) is 7.90. The van der Waals surface area contributed by atoms with Crippen molar-refractivity contribution in [3.8, 4) is 0 Å². The maximum absolute atomic E-state index is 9.92. The van der Waals surface area contributed by atoms with Crippen molar-refractivity contribution in [2.75, 3.05) is 6.54 Å². The normalized spacial score (nSPS) is 15.6. The van der Waals surface area contributed by atoms with Crippen LogP contribution in [0.4, 0.5) is 0 Å². The van der Waals surface area contributed by atoms with Gasteiger partial charge in [-0.3, -0.25) is 0 Å². The molecule has 0 saturated carbocycles. The van der Waals surface area contributed by atoms with E-state index in [-0.39, 0.29) is 6.54 Å². The summed E-state index contributed by atoms with van der Waals surface area (Å²) < 4.78 is 1.08. The van der Waals surface area contributed by atoms with Crippen LogP contribution in [0, 0.1) is 0 Å². The standard InChI is InChI=1S/C10H12N2OS/c1-10(13,6-11)9-12-7-4-2-3-5-8(7)14-9/h2-5,13H,6,11H2,1H3. The zero-order chi connectivity index (χ0) is 10.2. The summed E-state index contributed by atoms with van der Waals surface area (Å²) >= 11 is 1.49. The van der Waals surface area contributed by atoms with Gasteiger partial charge in [0.15, 0.2) is 0 Å². The Balaban J connectivity index is 2.55. The van der Waals surface area contributed by atoms with E-state index in [1.165, 1.54) is 11.3 Å². The molecule has 0 fully saturated rings. The number of benzene rings is 1. The molecule has 14 heavy (non-hydrogen) atoms. The number of aliphatic hydroxyl groups is 1. The van der Waals surface area contributed by atoms with Gasteiger partial charge in [-0.05, 0) is 19.1 Å². The first-order chi connectivity index (χ1) is 6.63. The fraction of sp³-hybridized carbons (Fsp3) is 0.300. The zero-order valence-corrected chi connectivity index (χ0v) is 8.71. The Hall–Kier alpha value is -0.970. The number of nitrogens with zero attached hydrogens (tertiary/aromatic N) is 1. The number of hydrogen-bond donors (Lipinski definition) is 2. The number of nitrogens with two attached hydrogens (primary N) is 1. The van der Waals surface area contributed by atoms with Gasteiger partial charge in [-0.25, -0.2) is 4.98 Å². The predicted octanol–water partition coefficient (Wildman–Crippen LogP) is 1.46. The molecule has 0 amide bonds. The van der Waals surface area contributed by atoms with Gasteiger partial charge in [0.1, 0.15) is 10.6 Å². The van der Waals surface area contributed by atoms with E-state index in [9.17, 15) is 5.11 Å². The molecule has 3 nitrogen and oxygen atoms in total. The van der Waals surface area contributed by atoms with Gasteiger partial charge in [0.25, 0.3) is 0 Å². The number of hydrogen-bond acceptors (Lipinski definition) is 4. The molecule has 2 aromatic rings. The SMILES string of the molecule is CC(O)(CN)c1nc2ccccc2s1. The highest BCUT2D eigenvalue weighted by Gasteiger charge is 2.25. The summed E-state index contributed by atoms with van der Waals surface area (Å²) in [6.07, 6.45) is 0. The molecule has 2 rings (SSSR count). The third-order valence-electron chi connectivity index (χ3n) is 2.15. The molecule has 0 spiro atoms. The van der Waals surface area contributed by atoms with E-state index in [1.54, 1.807) is 6.92 Å². The van der Waals surface area contributed by atoms with E-state index in [0.717, 1.165) is 10.2 Å². The van der Waals surface area contributed by atoms with Gasteiger partial charge in [0.05, 0.1) is 10.2 Å². The molecule has 0 aliphatic heterocycles. The maximum atomic E-state index is 9.92. The first-order valence-electron chi connectivity index (χ1n) is 4.42. The molecule has 0 aliphatic carbocycles. The summed E-state index contributed by atoms with van der Waals surface area (Å²) in [7, 11) is 0. The van der Waals surface area contributed by atoms with Gasteiger partial charge in [-0.15, -0.1) is 11.3 Å². The van der Waals surface area contributed by atoms with Crippen molar-refractivity contribution in [3.05, 3.63) is 29.3 Å². The van der Waals surface area contributed by atoms with Crippen LogP contribution < -0.4 is 5.73 Å². The van der Waals surface area contributed by atoms with Crippen LogP contribution in [0.2, 0.25) is 0 Å². The van der Waals surface area contributed by atoms with Crippen LogP contribution in [-0.4, -0.2) is 16.6 Å². The molecule has 74 valence electrons. The lowest BCUT2D eigenvalue weighted by Crippen LogP contribution is -2.30. The third-order valence-corrected chi connectivity index (χ3v) is 3.44. The molecule has 1 heterocycles. The highest BCUT2D eigenvalue weighted by atomic mass is 32.1. The van der Waals surface area contributed by atoms with Crippen LogP contribution >= 0.6 is 11.3 Å². The number of thiazole rings is 1. The minimum Gasteiger partial charge on any atom is -0.382 e. The van der Waals surface area contributed by atoms with E-state index < -0.39 is 5.60 Å². The Morgan fingerprint density at radius 2 is 2.21 bits per heavy atom. The fourth-order valence-corrected chi connectivity index (χ4v) is 2.21. The first kappa shape index (κ1) is 9.58. The molecule has 0 bridgehead atoms. The first-order valence-corrected chi connectivity index (χ1v) is 5.23. The average molecular weight is 208 g/mol. The summed E-state index contributed by atoms with van der Waals surface area (Å²) in [6, 6.07) is 7.81. The second-order valence-electron chi connectivity index (χ2n) is 3.46. The van der Waals surface area contributed by atoms with Gasteiger partial charge in [0, 0.05) is 6.54 Å². The van der Waals surface area contributed by atoms with Crippen molar-refractivity contribution in [3.63, 3.8) is 0 Å². The second-order valence-corrected chi connectivity index (χ2v) is 4.50. The molecular formula is C10H12N2OS. The number of aromatic nitrogens is 1. The van der Waals surface area contributed by atoms with Crippen LogP contribution in [0.5, 0.6) is 0 Å². The van der Waals surface area contributed by atoms with Gasteiger partial charge < -0.3 is 10.8 Å². The molecule has 3 N–H and O–H groups in total. The molecule has 0 radical (unpaired) electrons. The molecular weight excluding hydrogens is 196 g/mol. The highest BCUT2D eigenvalue weighted by molar-refractivity contribution is 7.18. The summed E-state index contributed by atoms with van der Waals surface area (Å²) in [4.78, 5) is 4.34. The predicted molar refractivity (Wildman–Crippen MR) is 58.2 cm³/mol. The Morgan fingerprint density at radius 1 is 1.50 bits per heavy atom. The highest BCUT2D eigenvalue weighted by Crippen LogP contribution is 2.28. The Labute approximate surface area is 86.2 Å². The lowest BCUT2D eigenvalue weighted by Gasteiger charge is -2.16. The van der Waals surface area contributed by atoms with Crippen molar-refractivity contribution in [2.45, 2.75) is 12.5 Å².